The minimum absolute atomic E-state index is 0.00170. The van der Waals surface area contributed by atoms with Gasteiger partial charge in [0.15, 0.2) is 11.0 Å². The maximum Gasteiger partial charge on any atom is 0.240 e. The van der Waals surface area contributed by atoms with Gasteiger partial charge >= 0.3 is 0 Å². The largest absolute Gasteiger partial charge is 0.311 e. The van der Waals surface area contributed by atoms with E-state index < -0.39 is 11.1 Å². The topological polar surface area (TPSA) is 63.9 Å². The Bertz CT molecular complexity index is 1290. The predicted octanol–water partition coefficient (Wildman–Crippen LogP) is 4.93. The van der Waals surface area contributed by atoms with Gasteiger partial charge in [-0.3, -0.25) is 14.3 Å². The zero-order valence-electron chi connectivity index (χ0n) is 18.1. The summed E-state index contributed by atoms with van der Waals surface area (Å²) in [7, 11) is 0. The van der Waals surface area contributed by atoms with Crippen LogP contribution in [0.3, 0.4) is 0 Å². The van der Waals surface area contributed by atoms with Crippen LogP contribution in [0.15, 0.2) is 78.2 Å². The van der Waals surface area contributed by atoms with E-state index in [1.807, 2.05) is 36.1 Å². The number of hydrogen-bond acceptors (Lipinski definition) is 5. The van der Waals surface area contributed by atoms with Gasteiger partial charge in [0.2, 0.25) is 5.91 Å². The van der Waals surface area contributed by atoms with E-state index in [1.165, 1.54) is 23.4 Å². The molecule has 166 valence electrons. The Morgan fingerprint density at radius 3 is 2.61 bits per heavy atom. The molecular formula is C25H22FN5OS. The number of aromatic nitrogens is 4. The third kappa shape index (κ3) is 4.14. The highest BCUT2D eigenvalue weighted by molar-refractivity contribution is 8.00. The van der Waals surface area contributed by atoms with Crippen molar-refractivity contribution < 1.29 is 9.18 Å². The molecule has 2 aromatic carbocycles. The van der Waals surface area contributed by atoms with Gasteiger partial charge in [-0.15, -0.1) is 10.2 Å². The Balaban J connectivity index is 1.50. The summed E-state index contributed by atoms with van der Waals surface area (Å²) < 4.78 is 16.5. The number of benzene rings is 2. The van der Waals surface area contributed by atoms with Crippen LogP contribution in [0.1, 0.15) is 18.9 Å². The van der Waals surface area contributed by atoms with Gasteiger partial charge in [0.05, 0.1) is 10.9 Å². The fourth-order valence-corrected chi connectivity index (χ4v) is 4.99. The number of halogens is 1. The van der Waals surface area contributed by atoms with Gasteiger partial charge in [-0.05, 0) is 55.7 Å². The maximum absolute atomic E-state index is 14.8. The van der Waals surface area contributed by atoms with Crippen molar-refractivity contribution in [2.45, 2.75) is 30.2 Å². The predicted molar refractivity (Wildman–Crippen MR) is 127 cm³/mol. The number of anilines is 1. The molecule has 1 aliphatic heterocycles. The van der Waals surface area contributed by atoms with Crippen molar-refractivity contribution in [2.24, 2.45) is 0 Å². The average molecular weight is 460 g/mol. The number of amides is 1. The van der Waals surface area contributed by atoms with E-state index in [0.29, 0.717) is 28.8 Å². The number of thioether (sulfide) groups is 1. The first-order valence-corrected chi connectivity index (χ1v) is 11.7. The van der Waals surface area contributed by atoms with Crippen molar-refractivity contribution in [3.63, 3.8) is 0 Å². The number of carbonyl (C=O) groups is 1. The molecule has 0 fully saturated rings. The number of rotatable bonds is 5. The van der Waals surface area contributed by atoms with Crippen LogP contribution in [-0.2, 0) is 11.2 Å². The van der Waals surface area contributed by atoms with Crippen molar-refractivity contribution in [2.75, 3.05) is 11.4 Å². The summed E-state index contributed by atoms with van der Waals surface area (Å²) in [4.78, 5) is 19.4. The van der Waals surface area contributed by atoms with E-state index in [2.05, 4.69) is 21.2 Å². The molecule has 3 heterocycles. The molecule has 1 amide bonds. The molecule has 5 rings (SSSR count). The second kappa shape index (κ2) is 9.15. The Morgan fingerprint density at radius 1 is 1.03 bits per heavy atom. The first-order chi connectivity index (χ1) is 16.1. The maximum atomic E-state index is 14.8. The molecule has 0 saturated carbocycles. The summed E-state index contributed by atoms with van der Waals surface area (Å²) in [5.41, 5.74) is 3.19. The molecule has 1 atom stereocenters. The number of carbonyl (C=O) groups excluding carboxylic acids is 1. The molecule has 0 saturated heterocycles. The standard InChI is InChI=1S/C25H22FN5OS/c1-17(24(32)30-15-7-10-18-8-2-4-12-21(18)30)33-25-29-28-23(19-9-6-14-27-16-19)31(25)22-13-5-3-11-20(22)26/h2-6,8-9,11-14,16-17H,7,10,15H2,1H3/t17-/m1/s1. The highest BCUT2D eigenvalue weighted by Gasteiger charge is 2.29. The van der Waals surface area contributed by atoms with Crippen LogP contribution < -0.4 is 4.90 Å². The average Bonchev–Trinajstić information content (AvgIpc) is 3.27. The number of aryl methyl sites for hydroxylation is 1. The fraction of sp³-hybridized carbons (Fsp3) is 0.200. The molecule has 4 aromatic rings. The third-order valence-electron chi connectivity index (χ3n) is 5.65. The molecule has 2 aromatic heterocycles. The molecule has 0 aliphatic carbocycles. The Morgan fingerprint density at radius 2 is 1.82 bits per heavy atom. The summed E-state index contributed by atoms with van der Waals surface area (Å²) in [6, 6.07) is 18.1. The summed E-state index contributed by atoms with van der Waals surface area (Å²) in [6.07, 6.45) is 5.23. The van der Waals surface area contributed by atoms with Gasteiger partial charge in [-0.1, -0.05) is 42.1 Å². The normalized spacial score (nSPS) is 14.1. The van der Waals surface area contributed by atoms with Crippen LogP contribution >= 0.6 is 11.8 Å². The molecule has 0 unspecified atom stereocenters. The number of pyridine rings is 1. The van der Waals surface area contributed by atoms with Crippen LogP contribution in [0.4, 0.5) is 10.1 Å². The van der Waals surface area contributed by atoms with Gasteiger partial charge < -0.3 is 4.90 Å². The molecule has 0 N–H and O–H groups in total. The molecule has 33 heavy (non-hydrogen) atoms. The van der Waals surface area contributed by atoms with E-state index in [4.69, 9.17) is 0 Å². The van der Waals surface area contributed by atoms with Gasteiger partial charge in [0, 0.05) is 30.2 Å². The Labute approximate surface area is 195 Å². The molecule has 0 radical (unpaired) electrons. The molecule has 0 bridgehead atoms. The minimum atomic E-state index is -0.437. The minimum Gasteiger partial charge on any atom is -0.311 e. The van der Waals surface area contributed by atoms with Crippen molar-refractivity contribution in [1.29, 1.82) is 0 Å². The SMILES string of the molecule is C[C@@H](Sc1nnc(-c2cccnc2)n1-c1ccccc1F)C(=O)N1CCCc2ccccc21. The second-order valence-corrected chi connectivity index (χ2v) is 9.12. The molecule has 1 aliphatic rings. The smallest absolute Gasteiger partial charge is 0.240 e. The van der Waals surface area contributed by atoms with E-state index in [0.717, 1.165) is 18.5 Å². The highest BCUT2D eigenvalue weighted by Crippen LogP contribution is 2.33. The van der Waals surface area contributed by atoms with Crippen LogP contribution in [0, 0.1) is 5.82 Å². The van der Waals surface area contributed by atoms with Gasteiger partial charge in [0.25, 0.3) is 0 Å². The van der Waals surface area contributed by atoms with E-state index in [1.54, 1.807) is 41.2 Å². The third-order valence-corrected chi connectivity index (χ3v) is 6.68. The lowest BCUT2D eigenvalue weighted by Gasteiger charge is -2.31. The Hall–Kier alpha value is -3.52. The number of para-hydroxylation sites is 2. The van der Waals surface area contributed by atoms with E-state index in [9.17, 15) is 9.18 Å². The number of fused-ring (bicyclic) bond motifs is 1. The fourth-order valence-electron chi connectivity index (χ4n) is 4.07. The van der Waals surface area contributed by atoms with Crippen LogP contribution in [0.25, 0.3) is 17.1 Å². The summed E-state index contributed by atoms with van der Waals surface area (Å²) in [5.74, 6) is 0.0741. The quantitative estimate of drug-likeness (QED) is 0.396. The zero-order chi connectivity index (χ0) is 22.8. The Kier molecular flexibility index (Phi) is 5.92. The molecular weight excluding hydrogens is 437 g/mol. The summed E-state index contributed by atoms with van der Waals surface area (Å²) in [5, 5.41) is 8.67. The number of hydrogen-bond donors (Lipinski definition) is 0. The van der Waals surface area contributed by atoms with Gasteiger partial charge in [0.1, 0.15) is 5.82 Å². The van der Waals surface area contributed by atoms with Crippen LogP contribution in [0.2, 0.25) is 0 Å². The molecule has 0 spiro atoms. The summed E-state index contributed by atoms with van der Waals surface area (Å²) in [6.45, 7) is 2.54. The van der Waals surface area contributed by atoms with Crippen molar-refractivity contribution in [3.05, 3.63) is 84.4 Å². The van der Waals surface area contributed by atoms with Gasteiger partial charge in [-0.25, -0.2) is 4.39 Å². The van der Waals surface area contributed by atoms with Crippen molar-refractivity contribution >= 4 is 23.4 Å². The first kappa shape index (κ1) is 21.3. The van der Waals surface area contributed by atoms with Crippen LogP contribution in [-0.4, -0.2) is 37.5 Å². The van der Waals surface area contributed by atoms with E-state index in [-0.39, 0.29) is 5.91 Å². The molecule has 6 nitrogen and oxygen atoms in total. The molecule has 8 heteroatoms. The van der Waals surface area contributed by atoms with Crippen molar-refractivity contribution in [3.8, 4) is 17.1 Å². The van der Waals surface area contributed by atoms with Crippen molar-refractivity contribution in [1.82, 2.24) is 19.7 Å². The lowest BCUT2D eigenvalue weighted by atomic mass is 10.0. The zero-order valence-corrected chi connectivity index (χ0v) is 18.9. The second-order valence-electron chi connectivity index (χ2n) is 7.82. The highest BCUT2D eigenvalue weighted by atomic mass is 32.2. The first-order valence-electron chi connectivity index (χ1n) is 10.8. The lowest BCUT2D eigenvalue weighted by Crippen LogP contribution is -2.40. The van der Waals surface area contributed by atoms with E-state index >= 15 is 0 Å². The van der Waals surface area contributed by atoms with Crippen LogP contribution in [0.5, 0.6) is 0 Å². The number of nitrogens with zero attached hydrogens (tertiary/aromatic N) is 5. The monoisotopic (exact) mass is 459 g/mol. The van der Waals surface area contributed by atoms with Gasteiger partial charge in [-0.2, -0.15) is 0 Å². The lowest BCUT2D eigenvalue weighted by molar-refractivity contribution is -0.117. The summed E-state index contributed by atoms with van der Waals surface area (Å²) >= 11 is 1.28.